The Morgan fingerprint density at radius 3 is 2.35 bits per heavy atom. The molecule has 6 heteroatoms. The summed E-state index contributed by atoms with van der Waals surface area (Å²) in [5.74, 6) is 0.695. The number of likely N-dealkylation sites (N-methyl/N-ethyl adjacent to an activating group) is 1. The highest BCUT2D eigenvalue weighted by atomic mass is 32.2. The molecule has 0 spiro atoms. The number of hydrogen-bond acceptors (Lipinski definition) is 5. The fourth-order valence-corrected chi connectivity index (χ4v) is 2.02. The SMILES string of the molecule is CC(C)CNCC(O)CN(C)CCS(C)(=O)=O. The van der Waals surface area contributed by atoms with Crippen LogP contribution in [0.4, 0.5) is 0 Å². The zero-order valence-electron chi connectivity index (χ0n) is 11.3. The van der Waals surface area contributed by atoms with Crippen molar-refractivity contribution in [2.24, 2.45) is 5.92 Å². The van der Waals surface area contributed by atoms with Crippen LogP contribution >= 0.6 is 0 Å². The van der Waals surface area contributed by atoms with Crippen molar-refractivity contribution in [3.63, 3.8) is 0 Å². The van der Waals surface area contributed by atoms with Gasteiger partial charge < -0.3 is 15.3 Å². The molecule has 0 amide bonds. The predicted octanol–water partition coefficient (Wildman–Crippen LogP) is -0.431. The van der Waals surface area contributed by atoms with Crippen LogP contribution < -0.4 is 5.32 Å². The van der Waals surface area contributed by atoms with Crippen molar-refractivity contribution >= 4 is 9.84 Å². The highest BCUT2D eigenvalue weighted by Gasteiger charge is 2.10. The predicted molar refractivity (Wildman–Crippen MR) is 70.9 cm³/mol. The largest absolute Gasteiger partial charge is 0.390 e. The van der Waals surface area contributed by atoms with E-state index < -0.39 is 15.9 Å². The van der Waals surface area contributed by atoms with E-state index in [1.54, 1.807) is 0 Å². The maximum Gasteiger partial charge on any atom is 0.148 e. The molecule has 17 heavy (non-hydrogen) atoms. The monoisotopic (exact) mass is 266 g/mol. The fourth-order valence-electron chi connectivity index (χ4n) is 1.38. The molecular weight excluding hydrogens is 240 g/mol. The lowest BCUT2D eigenvalue weighted by Crippen LogP contribution is -2.39. The molecule has 0 aliphatic heterocycles. The van der Waals surface area contributed by atoms with Gasteiger partial charge in [-0.3, -0.25) is 0 Å². The Morgan fingerprint density at radius 1 is 1.29 bits per heavy atom. The van der Waals surface area contributed by atoms with Gasteiger partial charge in [-0.15, -0.1) is 0 Å². The van der Waals surface area contributed by atoms with Crippen molar-refractivity contribution in [1.82, 2.24) is 10.2 Å². The molecule has 0 aliphatic carbocycles. The molecule has 2 N–H and O–H groups in total. The van der Waals surface area contributed by atoms with E-state index in [0.717, 1.165) is 6.54 Å². The van der Waals surface area contributed by atoms with Gasteiger partial charge in [0.05, 0.1) is 11.9 Å². The van der Waals surface area contributed by atoms with E-state index in [-0.39, 0.29) is 5.75 Å². The molecule has 0 aliphatic rings. The fraction of sp³-hybridized carbons (Fsp3) is 1.00. The normalized spacial score (nSPS) is 14.5. The van der Waals surface area contributed by atoms with E-state index in [2.05, 4.69) is 19.2 Å². The maximum atomic E-state index is 11.0. The lowest BCUT2D eigenvalue weighted by atomic mass is 10.2. The topological polar surface area (TPSA) is 69.6 Å². The number of sulfone groups is 1. The van der Waals surface area contributed by atoms with Gasteiger partial charge in [-0.25, -0.2) is 8.42 Å². The summed E-state index contributed by atoms with van der Waals surface area (Å²) in [6, 6.07) is 0. The standard InChI is InChI=1S/C11H26N2O3S/c1-10(2)7-12-8-11(14)9-13(3)5-6-17(4,15)16/h10-12,14H,5-9H2,1-4H3. The number of aliphatic hydroxyl groups excluding tert-OH is 1. The van der Waals surface area contributed by atoms with Crippen LogP contribution in [0.15, 0.2) is 0 Å². The molecule has 5 nitrogen and oxygen atoms in total. The zero-order valence-corrected chi connectivity index (χ0v) is 12.1. The highest BCUT2D eigenvalue weighted by Crippen LogP contribution is 1.92. The number of aliphatic hydroxyl groups is 1. The molecule has 0 heterocycles. The van der Waals surface area contributed by atoms with Crippen molar-refractivity contribution < 1.29 is 13.5 Å². The molecule has 0 aromatic carbocycles. The van der Waals surface area contributed by atoms with Crippen LogP contribution in [0.3, 0.4) is 0 Å². The second-order valence-electron chi connectivity index (χ2n) is 5.10. The van der Waals surface area contributed by atoms with E-state index in [1.807, 2.05) is 11.9 Å². The van der Waals surface area contributed by atoms with E-state index in [4.69, 9.17) is 0 Å². The first-order valence-electron chi connectivity index (χ1n) is 5.95. The van der Waals surface area contributed by atoms with Crippen LogP contribution in [0.2, 0.25) is 0 Å². The van der Waals surface area contributed by atoms with E-state index in [0.29, 0.717) is 25.6 Å². The summed E-state index contributed by atoms with van der Waals surface area (Å²) in [5.41, 5.74) is 0. The van der Waals surface area contributed by atoms with Crippen molar-refractivity contribution in [3.05, 3.63) is 0 Å². The number of nitrogens with one attached hydrogen (secondary N) is 1. The molecule has 104 valence electrons. The van der Waals surface area contributed by atoms with Gasteiger partial charge in [0.1, 0.15) is 9.84 Å². The Hall–Kier alpha value is -0.170. The second kappa shape index (κ2) is 8.02. The quantitative estimate of drug-likeness (QED) is 0.593. The third kappa shape index (κ3) is 12.1. The molecule has 0 aromatic rings. The summed E-state index contributed by atoms with van der Waals surface area (Å²) in [6.45, 7) is 6.58. The van der Waals surface area contributed by atoms with Crippen LogP contribution in [0, 0.1) is 5.92 Å². The van der Waals surface area contributed by atoms with Crippen molar-refractivity contribution in [3.8, 4) is 0 Å². The molecule has 0 aromatic heterocycles. The highest BCUT2D eigenvalue weighted by molar-refractivity contribution is 7.90. The van der Waals surface area contributed by atoms with Gasteiger partial charge in [-0.2, -0.15) is 0 Å². The Bertz CT molecular complexity index is 291. The Balaban J connectivity index is 3.69. The molecule has 1 unspecified atom stereocenters. The third-order valence-corrected chi connectivity index (χ3v) is 3.22. The molecule has 1 atom stereocenters. The average molecular weight is 266 g/mol. The van der Waals surface area contributed by atoms with Crippen LogP contribution in [0.5, 0.6) is 0 Å². The van der Waals surface area contributed by atoms with E-state index >= 15 is 0 Å². The second-order valence-corrected chi connectivity index (χ2v) is 7.36. The minimum atomic E-state index is -2.92. The minimum Gasteiger partial charge on any atom is -0.390 e. The van der Waals surface area contributed by atoms with Crippen molar-refractivity contribution in [1.29, 1.82) is 0 Å². The average Bonchev–Trinajstić information content (AvgIpc) is 2.13. The molecule has 0 bridgehead atoms. The Labute approximate surface area is 105 Å². The summed E-state index contributed by atoms with van der Waals surface area (Å²) in [5, 5.41) is 12.9. The maximum absolute atomic E-state index is 11.0. The summed E-state index contributed by atoms with van der Waals surface area (Å²) in [7, 11) is -1.11. The summed E-state index contributed by atoms with van der Waals surface area (Å²) in [6.07, 6.45) is 0.764. The first-order valence-corrected chi connectivity index (χ1v) is 8.02. The Morgan fingerprint density at radius 2 is 1.88 bits per heavy atom. The van der Waals surface area contributed by atoms with Gasteiger partial charge in [0.25, 0.3) is 0 Å². The van der Waals surface area contributed by atoms with Crippen LogP contribution in [0.1, 0.15) is 13.8 Å². The minimum absolute atomic E-state index is 0.135. The number of nitrogens with zero attached hydrogens (tertiary/aromatic N) is 1. The van der Waals surface area contributed by atoms with Crippen LogP contribution in [-0.2, 0) is 9.84 Å². The summed E-state index contributed by atoms with van der Waals surface area (Å²) < 4.78 is 21.9. The zero-order chi connectivity index (χ0) is 13.5. The summed E-state index contributed by atoms with van der Waals surface area (Å²) >= 11 is 0. The van der Waals surface area contributed by atoms with Gasteiger partial charge in [-0.05, 0) is 19.5 Å². The van der Waals surface area contributed by atoms with E-state index in [1.165, 1.54) is 6.26 Å². The van der Waals surface area contributed by atoms with E-state index in [9.17, 15) is 13.5 Å². The van der Waals surface area contributed by atoms with Crippen molar-refractivity contribution in [2.45, 2.75) is 20.0 Å². The van der Waals surface area contributed by atoms with Gasteiger partial charge in [0.2, 0.25) is 0 Å². The van der Waals surface area contributed by atoms with Crippen LogP contribution in [0.25, 0.3) is 0 Å². The van der Waals surface area contributed by atoms with Gasteiger partial charge in [0.15, 0.2) is 0 Å². The Kier molecular flexibility index (Phi) is 7.94. The molecular formula is C11H26N2O3S. The third-order valence-electron chi connectivity index (χ3n) is 2.30. The molecule has 0 radical (unpaired) electrons. The lowest BCUT2D eigenvalue weighted by molar-refractivity contribution is 0.126. The summed E-state index contributed by atoms with van der Waals surface area (Å²) in [4.78, 5) is 1.84. The van der Waals surface area contributed by atoms with Crippen molar-refractivity contribution in [2.75, 3.05) is 45.2 Å². The lowest BCUT2D eigenvalue weighted by Gasteiger charge is -2.20. The smallest absolute Gasteiger partial charge is 0.148 e. The van der Waals surface area contributed by atoms with Gasteiger partial charge >= 0.3 is 0 Å². The number of rotatable bonds is 9. The molecule has 0 rings (SSSR count). The van der Waals surface area contributed by atoms with Gasteiger partial charge in [0, 0.05) is 25.9 Å². The molecule has 0 fully saturated rings. The number of hydrogen-bond donors (Lipinski definition) is 2. The molecule has 0 saturated carbocycles. The van der Waals surface area contributed by atoms with Gasteiger partial charge in [-0.1, -0.05) is 13.8 Å². The first-order chi connectivity index (χ1) is 7.70. The van der Waals surface area contributed by atoms with Crippen LogP contribution in [-0.4, -0.2) is 69.8 Å². The molecule has 0 saturated heterocycles. The first kappa shape index (κ1) is 16.8.